The van der Waals surface area contributed by atoms with Crippen LogP contribution in [0.2, 0.25) is 5.02 Å². The minimum atomic E-state index is -1.29. The van der Waals surface area contributed by atoms with Gasteiger partial charge in [0.1, 0.15) is 23.8 Å². The molecule has 1 aliphatic rings. The minimum Gasteiger partial charge on any atom is -0.465 e. The van der Waals surface area contributed by atoms with E-state index in [2.05, 4.69) is 0 Å². The molecule has 2 aromatic rings. The van der Waals surface area contributed by atoms with Crippen LogP contribution < -0.4 is 15.9 Å². The molecule has 136 valence electrons. The Morgan fingerprint density at radius 2 is 2.19 bits per heavy atom. The Hall–Kier alpha value is -2.84. The van der Waals surface area contributed by atoms with E-state index in [9.17, 15) is 19.1 Å². The van der Waals surface area contributed by atoms with Crippen molar-refractivity contribution in [2.45, 2.75) is 12.5 Å². The lowest BCUT2D eigenvalue weighted by atomic mass is 9.86. The van der Waals surface area contributed by atoms with Crippen LogP contribution in [0, 0.1) is 5.82 Å². The number of hydrogen-bond acceptors (Lipinski definition) is 7. The molecule has 7 nitrogen and oxygen atoms in total. The molecule has 1 aliphatic heterocycles. The predicted octanol–water partition coefficient (Wildman–Crippen LogP) is 1.79. The molecule has 1 aromatic carbocycles. The lowest BCUT2D eigenvalue weighted by molar-refractivity contribution is -0.136. The zero-order valence-electron chi connectivity index (χ0n) is 13.4. The van der Waals surface area contributed by atoms with E-state index in [0.717, 1.165) is 19.2 Å². The van der Waals surface area contributed by atoms with Crippen LogP contribution in [0.15, 0.2) is 44.9 Å². The summed E-state index contributed by atoms with van der Waals surface area (Å²) in [5.74, 6) is -4.01. The third-order valence-corrected chi connectivity index (χ3v) is 4.19. The predicted molar refractivity (Wildman–Crippen MR) is 88.0 cm³/mol. The van der Waals surface area contributed by atoms with Crippen LogP contribution in [0.5, 0.6) is 5.75 Å². The number of rotatable bonds is 3. The van der Waals surface area contributed by atoms with Gasteiger partial charge in [0, 0.05) is 16.7 Å². The van der Waals surface area contributed by atoms with Crippen LogP contribution in [-0.2, 0) is 16.1 Å². The number of aliphatic hydroxyl groups is 1. The standard InChI is InChI=1S/C17H13ClFNO6/c1-24-17(23)13-12(11-8(18)3-2-4-9(11)19)15-14(26-16(13)20)10(22)5-7(6-21)25-15/h2-5,12,21H,6,20H2,1H3/t12-/m0/s1. The van der Waals surface area contributed by atoms with E-state index in [1.54, 1.807) is 0 Å². The van der Waals surface area contributed by atoms with Crippen molar-refractivity contribution in [3.63, 3.8) is 0 Å². The average molecular weight is 382 g/mol. The fourth-order valence-electron chi connectivity index (χ4n) is 2.75. The van der Waals surface area contributed by atoms with Gasteiger partial charge in [0.2, 0.25) is 17.1 Å². The highest BCUT2D eigenvalue weighted by atomic mass is 35.5. The zero-order chi connectivity index (χ0) is 19.0. The topological polar surface area (TPSA) is 112 Å². The fourth-order valence-corrected chi connectivity index (χ4v) is 3.02. The highest BCUT2D eigenvalue weighted by molar-refractivity contribution is 6.31. The van der Waals surface area contributed by atoms with E-state index in [-0.39, 0.29) is 33.4 Å². The van der Waals surface area contributed by atoms with E-state index in [0.29, 0.717) is 0 Å². The molecule has 2 heterocycles. The van der Waals surface area contributed by atoms with Gasteiger partial charge in [-0.15, -0.1) is 0 Å². The van der Waals surface area contributed by atoms with Crippen LogP contribution in [-0.4, -0.2) is 18.2 Å². The molecule has 3 rings (SSSR count). The van der Waals surface area contributed by atoms with E-state index >= 15 is 0 Å². The van der Waals surface area contributed by atoms with Gasteiger partial charge in [-0.05, 0) is 12.1 Å². The summed E-state index contributed by atoms with van der Waals surface area (Å²) >= 11 is 6.14. The maximum absolute atomic E-state index is 14.6. The summed E-state index contributed by atoms with van der Waals surface area (Å²) in [6.07, 6.45) is 0. The second kappa shape index (κ2) is 6.81. The van der Waals surface area contributed by atoms with Crippen molar-refractivity contribution in [2.24, 2.45) is 5.73 Å². The molecule has 0 aliphatic carbocycles. The third-order valence-electron chi connectivity index (χ3n) is 3.86. The second-order valence-electron chi connectivity index (χ2n) is 5.37. The first kappa shape index (κ1) is 18.0. The number of ether oxygens (including phenoxy) is 2. The summed E-state index contributed by atoms with van der Waals surface area (Å²) in [5.41, 5.74) is 4.73. The van der Waals surface area contributed by atoms with Gasteiger partial charge in [0.25, 0.3) is 0 Å². The summed E-state index contributed by atoms with van der Waals surface area (Å²) in [6, 6.07) is 4.94. The molecule has 1 aromatic heterocycles. The largest absolute Gasteiger partial charge is 0.465 e. The number of hydrogen-bond donors (Lipinski definition) is 2. The van der Waals surface area contributed by atoms with E-state index < -0.39 is 35.6 Å². The van der Waals surface area contributed by atoms with Crippen molar-refractivity contribution >= 4 is 17.6 Å². The summed E-state index contributed by atoms with van der Waals surface area (Å²) in [7, 11) is 1.11. The van der Waals surface area contributed by atoms with Gasteiger partial charge in [0.15, 0.2) is 5.76 Å². The van der Waals surface area contributed by atoms with Crippen molar-refractivity contribution < 1.29 is 28.2 Å². The molecule has 1 atom stereocenters. The number of esters is 1. The molecule has 0 spiro atoms. The molecular weight excluding hydrogens is 369 g/mol. The van der Waals surface area contributed by atoms with Gasteiger partial charge >= 0.3 is 5.97 Å². The summed E-state index contributed by atoms with van der Waals surface area (Å²) in [4.78, 5) is 24.5. The Bertz CT molecular complexity index is 963. The van der Waals surface area contributed by atoms with Crippen molar-refractivity contribution in [1.82, 2.24) is 0 Å². The van der Waals surface area contributed by atoms with Crippen molar-refractivity contribution in [2.75, 3.05) is 7.11 Å². The summed E-state index contributed by atoms with van der Waals surface area (Å²) < 4.78 is 30.0. The van der Waals surface area contributed by atoms with Gasteiger partial charge in [-0.1, -0.05) is 17.7 Å². The van der Waals surface area contributed by atoms with Crippen molar-refractivity contribution in [1.29, 1.82) is 0 Å². The monoisotopic (exact) mass is 381 g/mol. The number of fused-ring (bicyclic) bond motifs is 1. The molecule has 0 radical (unpaired) electrons. The zero-order valence-corrected chi connectivity index (χ0v) is 14.2. The van der Waals surface area contributed by atoms with Crippen LogP contribution in [0.1, 0.15) is 23.0 Å². The lowest BCUT2D eigenvalue weighted by Gasteiger charge is -2.27. The lowest BCUT2D eigenvalue weighted by Crippen LogP contribution is -2.30. The first-order valence-electron chi connectivity index (χ1n) is 7.36. The highest BCUT2D eigenvalue weighted by Gasteiger charge is 2.41. The van der Waals surface area contributed by atoms with Crippen LogP contribution in [0.25, 0.3) is 0 Å². The number of aliphatic hydroxyl groups excluding tert-OH is 1. The van der Waals surface area contributed by atoms with E-state index in [1.807, 2.05) is 0 Å². The van der Waals surface area contributed by atoms with Gasteiger partial charge in [-0.25, -0.2) is 9.18 Å². The molecule has 0 saturated heterocycles. The molecule has 3 N–H and O–H groups in total. The Morgan fingerprint density at radius 3 is 2.81 bits per heavy atom. The van der Waals surface area contributed by atoms with Crippen molar-refractivity contribution in [3.8, 4) is 5.75 Å². The Morgan fingerprint density at radius 1 is 1.46 bits per heavy atom. The fraction of sp³-hybridized carbons (Fsp3) is 0.176. The summed E-state index contributed by atoms with van der Waals surface area (Å²) in [5, 5.41) is 9.28. The van der Waals surface area contributed by atoms with Gasteiger partial charge in [-0.2, -0.15) is 0 Å². The normalized spacial score (nSPS) is 16.1. The number of carbonyl (C=O) groups is 1. The number of carbonyl (C=O) groups excluding carboxylic acids is 1. The van der Waals surface area contributed by atoms with E-state index in [1.165, 1.54) is 12.1 Å². The smallest absolute Gasteiger partial charge is 0.340 e. The molecule has 26 heavy (non-hydrogen) atoms. The molecule has 9 heteroatoms. The van der Waals surface area contributed by atoms with Gasteiger partial charge in [0.05, 0.1) is 13.0 Å². The minimum absolute atomic E-state index is 0.0193. The van der Waals surface area contributed by atoms with E-state index in [4.69, 9.17) is 31.2 Å². The molecule has 0 saturated carbocycles. The molecular formula is C17H13ClFNO6. The molecule has 0 bridgehead atoms. The van der Waals surface area contributed by atoms with Gasteiger partial charge < -0.3 is 24.7 Å². The Balaban J connectivity index is 2.39. The Labute approximate surface area is 151 Å². The molecule has 0 unspecified atom stereocenters. The van der Waals surface area contributed by atoms with Crippen LogP contribution in [0.3, 0.4) is 0 Å². The number of methoxy groups -OCH3 is 1. The third kappa shape index (κ3) is 2.83. The molecule has 0 amide bonds. The SMILES string of the molecule is COC(=O)C1=C(N)Oc2c(oc(CO)cc2=O)[C@H]1c1c(F)cccc1Cl. The number of benzene rings is 1. The van der Waals surface area contributed by atoms with Crippen molar-refractivity contribution in [3.05, 3.63) is 73.9 Å². The molecule has 0 fully saturated rings. The summed E-state index contributed by atoms with van der Waals surface area (Å²) in [6.45, 7) is -0.590. The average Bonchev–Trinajstić information content (AvgIpc) is 2.61. The maximum atomic E-state index is 14.6. The maximum Gasteiger partial charge on any atom is 0.340 e. The van der Waals surface area contributed by atoms with Crippen LogP contribution >= 0.6 is 11.6 Å². The first-order chi connectivity index (χ1) is 12.4. The highest BCUT2D eigenvalue weighted by Crippen LogP contribution is 2.44. The van der Waals surface area contributed by atoms with Gasteiger partial charge in [-0.3, -0.25) is 4.79 Å². The van der Waals surface area contributed by atoms with Crippen LogP contribution in [0.4, 0.5) is 4.39 Å². The number of halogens is 2. The second-order valence-corrected chi connectivity index (χ2v) is 5.78. The quantitative estimate of drug-likeness (QED) is 0.779. The first-order valence-corrected chi connectivity index (χ1v) is 7.74. The number of nitrogens with two attached hydrogens (primary N) is 1. The Kier molecular flexibility index (Phi) is 4.71.